The van der Waals surface area contributed by atoms with Gasteiger partial charge in [-0.1, -0.05) is 12.1 Å². The van der Waals surface area contributed by atoms with Gasteiger partial charge < -0.3 is 10.4 Å². The molecule has 0 saturated carbocycles. The van der Waals surface area contributed by atoms with E-state index < -0.39 is 5.97 Å². The number of nitrogens with one attached hydrogen (secondary N) is 1. The van der Waals surface area contributed by atoms with Crippen molar-refractivity contribution in [2.45, 2.75) is 19.5 Å². The first-order valence-electron chi connectivity index (χ1n) is 6.17. The minimum atomic E-state index is -0.965. The average Bonchev–Trinajstić information content (AvgIpc) is 2.98. The molecule has 0 aliphatic carbocycles. The predicted molar refractivity (Wildman–Crippen MR) is 72.2 cm³/mol. The maximum absolute atomic E-state index is 11.9. The zero-order valence-electron chi connectivity index (χ0n) is 11.0. The highest BCUT2D eigenvalue weighted by atomic mass is 16.4. The van der Waals surface area contributed by atoms with Gasteiger partial charge in [0.15, 0.2) is 0 Å². The molecule has 0 radical (unpaired) electrons. The number of rotatable bonds is 5. The highest BCUT2D eigenvalue weighted by molar-refractivity contribution is 5.87. The summed E-state index contributed by atoms with van der Waals surface area (Å²) in [6.07, 6.45) is 3.35. The summed E-state index contributed by atoms with van der Waals surface area (Å²) in [4.78, 5) is 22.6. The molecule has 0 bridgehead atoms. The van der Waals surface area contributed by atoms with Crippen LogP contribution in [0.3, 0.4) is 0 Å². The molecule has 6 heteroatoms. The normalized spacial score (nSPS) is 11.8. The van der Waals surface area contributed by atoms with Crippen molar-refractivity contribution < 1.29 is 14.7 Å². The van der Waals surface area contributed by atoms with Gasteiger partial charge in [0.2, 0.25) is 5.91 Å². The zero-order chi connectivity index (χ0) is 14.5. The van der Waals surface area contributed by atoms with Gasteiger partial charge in [-0.3, -0.25) is 9.48 Å². The summed E-state index contributed by atoms with van der Waals surface area (Å²) in [6.45, 7) is 2.11. The van der Waals surface area contributed by atoms with Crippen molar-refractivity contribution in [2.24, 2.45) is 0 Å². The second kappa shape index (κ2) is 6.01. The molecule has 104 valence electrons. The SMILES string of the molecule is CC(C(=O)NCc1ccc(C(=O)O)cc1)n1cccn1. The van der Waals surface area contributed by atoms with Gasteiger partial charge >= 0.3 is 5.97 Å². The minimum absolute atomic E-state index is 0.143. The van der Waals surface area contributed by atoms with E-state index in [1.54, 1.807) is 42.2 Å². The van der Waals surface area contributed by atoms with Crippen molar-refractivity contribution in [3.8, 4) is 0 Å². The molecule has 0 fully saturated rings. The van der Waals surface area contributed by atoms with E-state index in [1.807, 2.05) is 0 Å². The van der Waals surface area contributed by atoms with E-state index in [-0.39, 0.29) is 17.5 Å². The minimum Gasteiger partial charge on any atom is -0.478 e. The van der Waals surface area contributed by atoms with Crippen LogP contribution >= 0.6 is 0 Å². The molecule has 0 spiro atoms. The highest BCUT2D eigenvalue weighted by Crippen LogP contribution is 2.06. The fourth-order valence-corrected chi connectivity index (χ4v) is 1.73. The molecular weight excluding hydrogens is 258 g/mol. The Kier molecular flexibility index (Phi) is 4.14. The Hall–Kier alpha value is -2.63. The van der Waals surface area contributed by atoms with Crippen LogP contribution in [0, 0.1) is 0 Å². The molecule has 1 heterocycles. The highest BCUT2D eigenvalue weighted by Gasteiger charge is 2.14. The molecular formula is C14H15N3O3. The van der Waals surface area contributed by atoms with Crippen LogP contribution in [0.25, 0.3) is 0 Å². The van der Waals surface area contributed by atoms with Gasteiger partial charge in [-0.05, 0) is 30.7 Å². The van der Waals surface area contributed by atoms with Gasteiger partial charge in [0.25, 0.3) is 0 Å². The number of carboxylic acids is 1. The Morgan fingerprint density at radius 2 is 2.05 bits per heavy atom. The number of aromatic carboxylic acids is 1. The number of benzene rings is 1. The van der Waals surface area contributed by atoms with Gasteiger partial charge in [0.1, 0.15) is 6.04 Å². The molecule has 6 nitrogen and oxygen atoms in total. The van der Waals surface area contributed by atoms with Crippen molar-refractivity contribution in [3.05, 3.63) is 53.9 Å². The summed E-state index contributed by atoms with van der Waals surface area (Å²) in [5, 5.41) is 15.6. The molecule has 1 atom stereocenters. The third-order valence-electron chi connectivity index (χ3n) is 2.97. The third-order valence-corrected chi connectivity index (χ3v) is 2.97. The van der Waals surface area contributed by atoms with Crippen LogP contribution in [0.4, 0.5) is 0 Å². The van der Waals surface area contributed by atoms with Gasteiger partial charge in [0.05, 0.1) is 5.56 Å². The quantitative estimate of drug-likeness (QED) is 0.863. The molecule has 0 saturated heterocycles. The van der Waals surface area contributed by atoms with Crippen LogP contribution in [-0.4, -0.2) is 26.8 Å². The standard InChI is InChI=1S/C14H15N3O3/c1-10(17-8-2-7-16-17)13(18)15-9-11-3-5-12(6-4-11)14(19)20/h2-8,10H,9H2,1H3,(H,15,18)(H,19,20). The first kappa shape index (κ1) is 13.8. The van der Waals surface area contributed by atoms with Crippen molar-refractivity contribution >= 4 is 11.9 Å². The fourth-order valence-electron chi connectivity index (χ4n) is 1.73. The van der Waals surface area contributed by atoms with E-state index in [9.17, 15) is 9.59 Å². The molecule has 1 aromatic carbocycles. The van der Waals surface area contributed by atoms with Gasteiger partial charge in [-0.15, -0.1) is 0 Å². The molecule has 1 amide bonds. The number of carboxylic acid groups (broad SMARTS) is 1. The molecule has 0 aliphatic heterocycles. The summed E-state index contributed by atoms with van der Waals surface area (Å²) in [5.74, 6) is -1.11. The van der Waals surface area contributed by atoms with Crippen LogP contribution in [-0.2, 0) is 11.3 Å². The van der Waals surface area contributed by atoms with Gasteiger partial charge in [-0.25, -0.2) is 4.79 Å². The molecule has 0 aliphatic rings. The first-order valence-corrected chi connectivity index (χ1v) is 6.17. The second-order valence-corrected chi connectivity index (χ2v) is 4.38. The number of amides is 1. The summed E-state index contributed by atoms with van der Waals surface area (Å²) in [6, 6.07) is 7.77. The number of carbonyl (C=O) groups is 2. The second-order valence-electron chi connectivity index (χ2n) is 4.38. The summed E-state index contributed by atoms with van der Waals surface area (Å²) in [5.41, 5.74) is 1.07. The molecule has 20 heavy (non-hydrogen) atoms. The smallest absolute Gasteiger partial charge is 0.335 e. The van der Waals surface area contributed by atoms with Crippen LogP contribution in [0.15, 0.2) is 42.7 Å². The van der Waals surface area contributed by atoms with Crippen molar-refractivity contribution in [2.75, 3.05) is 0 Å². The molecule has 1 unspecified atom stereocenters. The lowest BCUT2D eigenvalue weighted by Gasteiger charge is -2.12. The number of nitrogens with zero attached hydrogens (tertiary/aromatic N) is 2. The maximum atomic E-state index is 11.9. The fraction of sp³-hybridized carbons (Fsp3) is 0.214. The van der Waals surface area contributed by atoms with E-state index in [2.05, 4.69) is 10.4 Å². The lowest BCUT2D eigenvalue weighted by molar-refractivity contribution is -0.124. The number of hydrogen-bond donors (Lipinski definition) is 2. The van der Waals surface area contributed by atoms with Crippen molar-refractivity contribution in [3.63, 3.8) is 0 Å². The Bertz CT molecular complexity index is 591. The number of aromatic nitrogens is 2. The lowest BCUT2D eigenvalue weighted by atomic mass is 10.1. The number of hydrogen-bond acceptors (Lipinski definition) is 3. The average molecular weight is 273 g/mol. The Morgan fingerprint density at radius 1 is 1.35 bits per heavy atom. The maximum Gasteiger partial charge on any atom is 0.335 e. The number of carbonyl (C=O) groups excluding carboxylic acids is 1. The lowest BCUT2D eigenvalue weighted by Crippen LogP contribution is -2.30. The third kappa shape index (κ3) is 3.23. The zero-order valence-corrected chi connectivity index (χ0v) is 11.0. The molecule has 2 N–H and O–H groups in total. The molecule has 2 aromatic rings. The van der Waals surface area contributed by atoms with Crippen LogP contribution in [0.2, 0.25) is 0 Å². The van der Waals surface area contributed by atoms with Crippen LogP contribution in [0.1, 0.15) is 28.9 Å². The van der Waals surface area contributed by atoms with Crippen LogP contribution in [0.5, 0.6) is 0 Å². The van der Waals surface area contributed by atoms with Crippen LogP contribution < -0.4 is 5.32 Å². The van der Waals surface area contributed by atoms with Crippen molar-refractivity contribution in [1.82, 2.24) is 15.1 Å². The monoisotopic (exact) mass is 273 g/mol. The van der Waals surface area contributed by atoms with Gasteiger partial charge in [-0.2, -0.15) is 5.10 Å². The topological polar surface area (TPSA) is 84.2 Å². The Morgan fingerprint density at radius 3 is 2.60 bits per heavy atom. The Balaban J connectivity index is 1.91. The van der Waals surface area contributed by atoms with Crippen molar-refractivity contribution in [1.29, 1.82) is 0 Å². The predicted octanol–water partition coefficient (Wildman–Crippen LogP) is 1.46. The van der Waals surface area contributed by atoms with E-state index in [1.165, 1.54) is 12.1 Å². The summed E-state index contributed by atoms with van der Waals surface area (Å²) < 4.78 is 1.57. The first-order chi connectivity index (χ1) is 9.58. The molecule has 1 aromatic heterocycles. The van der Waals surface area contributed by atoms with E-state index in [0.717, 1.165) is 5.56 Å². The summed E-state index contributed by atoms with van der Waals surface area (Å²) in [7, 11) is 0. The summed E-state index contributed by atoms with van der Waals surface area (Å²) >= 11 is 0. The van der Waals surface area contributed by atoms with E-state index >= 15 is 0 Å². The largest absolute Gasteiger partial charge is 0.478 e. The molecule has 2 rings (SSSR count). The van der Waals surface area contributed by atoms with E-state index in [4.69, 9.17) is 5.11 Å². The Labute approximate surface area is 116 Å². The van der Waals surface area contributed by atoms with E-state index in [0.29, 0.717) is 6.54 Å². The van der Waals surface area contributed by atoms with Gasteiger partial charge in [0, 0.05) is 18.9 Å².